The van der Waals surface area contributed by atoms with Crippen molar-refractivity contribution in [1.82, 2.24) is 10.0 Å². The van der Waals surface area contributed by atoms with Crippen LogP contribution in [0.1, 0.15) is 25.8 Å². The van der Waals surface area contributed by atoms with E-state index in [4.69, 9.17) is 11.6 Å². The third-order valence-corrected chi connectivity index (χ3v) is 4.98. The highest BCUT2D eigenvalue weighted by atomic mass is 35.5. The molecule has 0 aliphatic rings. The molecule has 0 heterocycles. The van der Waals surface area contributed by atoms with Crippen molar-refractivity contribution in [2.24, 2.45) is 0 Å². The maximum atomic E-state index is 12.3. The molecule has 0 saturated carbocycles. The van der Waals surface area contributed by atoms with Crippen molar-refractivity contribution in [3.63, 3.8) is 0 Å². The summed E-state index contributed by atoms with van der Waals surface area (Å²) in [5, 5.41) is 13.5. The van der Waals surface area contributed by atoms with Crippen molar-refractivity contribution in [3.05, 3.63) is 32.8 Å². The van der Waals surface area contributed by atoms with E-state index in [9.17, 15) is 23.3 Å². The number of rotatable bonds is 7. The van der Waals surface area contributed by atoms with Crippen LogP contribution >= 0.6 is 11.6 Å². The van der Waals surface area contributed by atoms with Gasteiger partial charge >= 0.3 is 0 Å². The number of amides is 1. The highest BCUT2D eigenvalue weighted by Crippen LogP contribution is 2.29. The van der Waals surface area contributed by atoms with Gasteiger partial charge in [0, 0.05) is 18.2 Å². The van der Waals surface area contributed by atoms with E-state index in [2.05, 4.69) is 10.0 Å². The number of sulfonamides is 1. The smallest absolute Gasteiger partial charge is 0.275 e. The second-order valence-corrected chi connectivity index (χ2v) is 7.06. The molecule has 0 fully saturated rings. The second kappa shape index (κ2) is 7.71. The molecule has 0 bridgehead atoms. The molecule has 0 unspecified atom stereocenters. The summed E-state index contributed by atoms with van der Waals surface area (Å²) in [5.74, 6) is -0.483. The fourth-order valence-electron chi connectivity index (χ4n) is 1.74. The average Bonchev–Trinajstić information content (AvgIpc) is 2.46. The fourth-order valence-corrected chi connectivity index (χ4v) is 3.27. The van der Waals surface area contributed by atoms with E-state index in [-0.39, 0.29) is 15.5 Å². The summed E-state index contributed by atoms with van der Waals surface area (Å²) in [7, 11) is -4.12. The van der Waals surface area contributed by atoms with Crippen LogP contribution in [0.25, 0.3) is 0 Å². The van der Waals surface area contributed by atoms with Gasteiger partial charge in [0.05, 0.1) is 20.9 Å². The van der Waals surface area contributed by atoms with Crippen molar-refractivity contribution in [1.29, 1.82) is 0 Å². The quantitative estimate of drug-likeness (QED) is 0.565. The number of nitrogens with one attached hydrogen (secondary N) is 2. The van der Waals surface area contributed by atoms with Crippen molar-refractivity contribution < 1.29 is 18.1 Å². The molecule has 0 saturated heterocycles. The Kier molecular flexibility index (Phi) is 6.48. The maximum absolute atomic E-state index is 12.3. The molecule has 0 aromatic heterocycles. The molecule has 0 radical (unpaired) electrons. The first kappa shape index (κ1) is 19.3. The number of benzene rings is 1. The number of hydrogen-bond acceptors (Lipinski definition) is 5. The molecule has 1 atom stereocenters. The van der Waals surface area contributed by atoms with Crippen LogP contribution in [-0.2, 0) is 14.8 Å². The second-order valence-electron chi connectivity index (χ2n) is 4.94. The third-order valence-electron chi connectivity index (χ3n) is 3.07. The summed E-state index contributed by atoms with van der Waals surface area (Å²) in [6, 6.07) is 1.01. The Morgan fingerprint density at radius 3 is 2.57 bits per heavy atom. The lowest BCUT2D eigenvalue weighted by Gasteiger charge is -2.14. The Bertz CT molecular complexity index is 721. The lowest BCUT2D eigenvalue weighted by atomic mass is 10.2. The molecule has 1 rings (SSSR count). The van der Waals surface area contributed by atoms with Crippen LogP contribution in [0.15, 0.2) is 17.0 Å². The van der Waals surface area contributed by atoms with Gasteiger partial charge in [-0.15, -0.1) is 0 Å². The minimum atomic E-state index is -4.12. The number of carbonyl (C=O) groups is 1. The Morgan fingerprint density at radius 1 is 1.43 bits per heavy atom. The van der Waals surface area contributed by atoms with Crippen molar-refractivity contribution in [2.45, 2.75) is 38.1 Å². The van der Waals surface area contributed by atoms with Gasteiger partial charge in [-0.05, 0) is 26.3 Å². The predicted octanol–water partition coefficient (Wildman–Crippen LogP) is 1.75. The summed E-state index contributed by atoms with van der Waals surface area (Å²) >= 11 is 5.86. The molecule has 128 valence electrons. The Labute approximate surface area is 139 Å². The van der Waals surface area contributed by atoms with E-state index >= 15 is 0 Å². The number of nitro groups is 1. The third kappa shape index (κ3) is 4.88. The minimum Gasteiger partial charge on any atom is -0.355 e. The molecule has 10 heteroatoms. The summed E-state index contributed by atoms with van der Waals surface area (Å²) in [5.41, 5.74) is -0.231. The number of halogens is 1. The Morgan fingerprint density at radius 2 is 2.04 bits per heavy atom. The molecule has 0 spiro atoms. The van der Waals surface area contributed by atoms with Gasteiger partial charge in [-0.1, -0.05) is 18.5 Å². The van der Waals surface area contributed by atoms with Crippen molar-refractivity contribution >= 4 is 33.2 Å². The lowest BCUT2D eigenvalue weighted by Crippen LogP contribution is -2.44. The van der Waals surface area contributed by atoms with E-state index < -0.39 is 32.6 Å². The normalized spacial score (nSPS) is 12.7. The van der Waals surface area contributed by atoms with Crippen LogP contribution in [0, 0.1) is 17.0 Å². The average molecular weight is 364 g/mol. The van der Waals surface area contributed by atoms with Crippen LogP contribution < -0.4 is 10.0 Å². The van der Waals surface area contributed by atoms with Gasteiger partial charge in [0.1, 0.15) is 0 Å². The molecule has 23 heavy (non-hydrogen) atoms. The topological polar surface area (TPSA) is 118 Å². The minimum absolute atomic E-state index is 0.0392. The molecule has 1 aromatic carbocycles. The first-order valence-electron chi connectivity index (χ1n) is 6.84. The van der Waals surface area contributed by atoms with Crippen LogP contribution in [0.2, 0.25) is 5.02 Å². The molecule has 2 N–H and O–H groups in total. The van der Waals surface area contributed by atoms with Crippen molar-refractivity contribution in [2.75, 3.05) is 6.54 Å². The van der Waals surface area contributed by atoms with E-state index in [0.717, 1.165) is 12.1 Å². The van der Waals surface area contributed by atoms with Gasteiger partial charge in [0.2, 0.25) is 15.9 Å². The Balaban J connectivity index is 3.10. The fraction of sp³-hybridized carbons (Fsp3) is 0.462. The molecule has 8 nitrogen and oxygen atoms in total. The summed E-state index contributed by atoms with van der Waals surface area (Å²) in [6.45, 7) is 5.09. The zero-order valence-electron chi connectivity index (χ0n) is 12.9. The zero-order chi connectivity index (χ0) is 17.8. The van der Waals surface area contributed by atoms with E-state index in [1.807, 2.05) is 6.92 Å². The van der Waals surface area contributed by atoms with Crippen LogP contribution in [-0.4, -0.2) is 31.8 Å². The number of carbonyl (C=O) groups excluding carboxylic acids is 1. The summed E-state index contributed by atoms with van der Waals surface area (Å²) < 4.78 is 26.7. The van der Waals surface area contributed by atoms with Crippen LogP contribution in [0.5, 0.6) is 0 Å². The molecular formula is C13H18ClN3O5S. The zero-order valence-corrected chi connectivity index (χ0v) is 14.5. The monoisotopic (exact) mass is 363 g/mol. The van der Waals surface area contributed by atoms with Gasteiger partial charge in [0.15, 0.2) is 0 Å². The maximum Gasteiger partial charge on any atom is 0.275 e. The molecule has 0 aliphatic heterocycles. The SMILES string of the molecule is CCCNC(=O)[C@H](C)NS(=O)(=O)c1cc(Cl)c(C)c([N+](=O)[O-])c1. The first-order valence-corrected chi connectivity index (χ1v) is 8.70. The standard InChI is InChI=1S/C13H18ClN3O5S/c1-4-5-15-13(18)9(3)16-23(21,22)10-6-11(14)8(2)12(7-10)17(19)20/h6-7,9,16H,4-5H2,1-3H3,(H,15,18)/t9-/m0/s1. The van der Waals surface area contributed by atoms with Crippen LogP contribution in [0.4, 0.5) is 5.69 Å². The highest BCUT2D eigenvalue weighted by Gasteiger charge is 2.25. The predicted molar refractivity (Wildman–Crippen MR) is 85.9 cm³/mol. The van der Waals surface area contributed by atoms with E-state index in [1.54, 1.807) is 0 Å². The summed E-state index contributed by atoms with van der Waals surface area (Å²) in [6.07, 6.45) is 0.713. The molecular weight excluding hydrogens is 346 g/mol. The van der Waals surface area contributed by atoms with Gasteiger partial charge in [-0.2, -0.15) is 4.72 Å². The Hall–Kier alpha value is -1.71. The van der Waals surface area contributed by atoms with E-state index in [1.165, 1.54) is 13.8 Å². The number of hydrogen-bond donors (Lipinski definition) is 2. The van der Waals surface area contributed by atoms with Gasteiger partial charge in [-0.3, -0.25) is 14.9 Å². The molecule has 1 amide bonds. The summed E-state index contributed by atoms with van der Waals surface area (Å²) in [4.78, 5) is 21.6. The first-order chi connectivity index (χ1) is 10.6. The number of nitro benzene ring substituents is 1. The van der Waals surface area contributed by atoms with Crippen molar-refractivity contribution in [3.8, 4) is 0 Å². The highest BCUT2D eigenvalue weighted by molar-refractivity contribution is 7.89. The van der Waals surface area contributed by atoms with Gasteiger partial charge in [-0.25, -0.2) is 8.42 Å². The number of nitrogens with zero attached hydrogens (tertiary/aromatic N) is 1. The lowest BCUT2D eigenvalue weighted by molar-refractivity contribution is -0.385. The van der Waals surface area contributed by atoms with Gasteiger partial charge in [0.25, 0.3) is 5.69 Å². The van der Waals surface area contributed by atoms with E-state index in [0.29, 0.717) is 13.0 Å². The van der Waals surface area contributed by atoms with Crippen LogP contribution in [0.3, 0.4) is 0 Å². The molecule has 0 aliphatic carbocycles. The van der Waals surface area contributed by atoms with Gasteiger partial charge < -0.3 is 5.32 Å². The molecule has 1 aromatic rings. The largest absolute Gasteiger partial charge is 0.355 e.